The molecule has 0 fully saturated rings. The van der Waals surface area contributed by atoms with Gasteiger partial charge in [-0.2, -0.15) is 0 Å². The van der Waals surface area contributed by atoms with E-state index in [1.807, 2.05) is 0 Å². The summed E-state index contributed by atoms with van der Waals surface area (Å²) in [5.74, 6) is 0.964. The van der Waals surface area contributed by atoms with Crippen molar-refractivity contribution in [2.24, 2.45) is 0 Å². The summed E-state index contributed by atoms with van der Waals surface area (Å²) < 4.78 is 6.93. The third-order valence-corrected chi connectivity index (χ3v) is 4.61. The zero-order chi connectivity index (χ0) is 17.2. The van der Waals surface area contributed by atoms with E-state index in [4.69, 9.17) is 4.74 Å². The number of ether oxygens (including phenoxy) is 1. The lowest BCUT2D eigenvalue weighted by Crippen LogP contribution is -1.97. The average molecular weight is 387 g/mol. The quantitative estimate of drug-likeness (QED) is 0.323. The first-order chi connectivity index (χ1) is 11.7. The Hall–Kier alpha value is -1.54. The molecule has 0 bridgehead atoms. The Morgan fingerprint density at radius 1 is 0.917 bits per heavy atom. The standard InChI is InChI=1S/C22H27BrO/c1-3-4-5-6-7-16-24-22-14-10-20(11-15-22)18(2)17-19-8-12-21(23)13-9-19/h8-15,17H,3-7,16H2,1-2H3. The molecule has 0 heterocycles. The second-order valence-corrected chi connectivity index (χ2v) is 7.08. The van der Waals surface area contributed by atoms with Gasteiger partial charge in [0, 0.05) is 4.47 Å². The number of unbranched alkanes of at least 4 members (excludes halogenated alkanes) is 4. The molecular weight excluding hydrogens is 360 g/mol. The molecule has 0 radical (unpaired) electrons. The second-order valence-electron chi connectivity index (χ2n) is 6.17. The molecule has 0 amide bonds. The van der Waals surface area contributed by atoms with Gasteiger partial charge in [0.2, 0.25) is 0 Å². The van der Waals surface area contributed by atoms with E-state index in [2.05, 4.69) is 84.4 Å². The Balaban J connectivity index is 1.85. The maximum absolute atomic E-state index is 5.83. The molecule has 0 unspecified atom stereocenters. The molecule has 0 atom stereocenters. The van der Waals surface area contributed by atoms with Crippen LogP contribution in [0, 0.1) is 0 Å². The molecule has 0 spiro atoms. The van der Waals surface area contributed by atoms with Crippen LogP contribution in [0.2, 0.25) is 0 Å². The van der Waals surface area contributed by atoms with Crippen LogP contribution >= 0.6 is 15.9 Å². The number of halogens is 1. The van der Waals surface area contributed by atoms with Gasteiger partial charge in [0.15, 0.2) is 0 Å². The average Bonchev–Trinajstić information content (AvgIpc) is 2.60. The van der Waals surface area contributed by atoms with E-state index in [-0.39, 0.29) is 0 Å². The van der Waals surface area contributed by atoms with Crippen molar-refractivity contribution < 1.29 is 4.74 Å². The molecule has 2 aromatic rings. The fourth-order valence-electron chi connectivity index (χ4n) is 2.60. The van der Waals surface area contributed by atoms with E-state index in [1.54, 1.807) is 0 Å². The zero-order valence-corrected chi connectivity index (χ0v) is 16.3. The van der Waals surface area contributed by atoms with Gasteiger partial charge in [-0.1, -0.05) is 78.9 Å². The summed E-state index contributed by atoms with van der Waals surface area (Å²) >= 11 is 3.47. The minimum Gasteiger partial charge on any atom is -0.494 e. The van der Waals surface area contributed by atoms with Gasteiger partial charge in [-0.05, 0) is 54.3 Å². The molecule has 0 aliphatic carbocycles. The molecule has 1 nitrogen and oxygen atoms in total. The summed E-state index contributed by atoms with van der Waals surface area (Å²) in [6, 6.07) is 16.8. The molecule has 0 aromatic heterocycles. The van der Waals surface area contributed by atoms with Gasteiger partial charge in [0.05, 0.1) is 6.61 Å². The van der Waals surface area contributed by atoms with Crippen molar-refractivity contribution >= 4 is 27.6 Å². The Kier molecular flexibility index (Phi) is 8.11. The third-order valence-electron chi connectivity index (χ3n) is 4.08. The van der Waals surface area contributed by atoms with Crippen LogP contribution in [-0.2, 0) is 0 Å². The highest BCUT2D eigenvalue weighted by Crippen LogP contribution is 2.22. The van der Waals surface area contributed by atoms with Crippen LogP contribution in [0.1, 0.15) is 57.1 Å². The maximum atomic E-state index is 5.83. The smallest absolute Gasteiger partial charge is 0.119 e. The van der Waals surface area contributed by atoms with Gasteiger partial charge >= 0.3 is 0 Å². The summed E-state index contributed by atoms with van der Waals surface area (Å²) in [4.78, 5) is 0. The molecule has 2 heteroatoms. The van der Waals surface area contributed by atoms with Crippen LogP contribution in [0.15, 0.2) is 53.0 Å². The van der Waals surface area contributed by atoms with Gasteiger partial charge in [0.1, 0.15) is 5.75 Å². The van der Waals surface area contributed by atoms with E-state index >= 15 is 0 Å². The van der Waals surface area contributed by atoms with E-state index in [0.29, 0.717) is 0 Å². The first-order valence-electron chi connectivity index (χ1n) is 8.86. The first kappa shape index (κ1) is 18.8. The molecule has 2 rings (SSSR count). The van der Waals surface area contributed by atoms with Crippen molar-refractivity contribution in [1.82, 2.24) is 0 Å². The molecule has 0 saturated carbocycles. The number of rotatable bonds is 9. The van der Waals surface area contributed by atoms with Gasteiger partial charge in [0.25, 0.3) is 0 Å². The Morgan fingerprint density at radius 3 is 2.25 bits per heavy atom. The van der Waals surface area contributed by atoms with Gasteiger partial charge < -0.3 is 4.74 Å². The number of hydrogen-bond donors (Lipinski definition) is 0. The topological polar surface area (TPSA) is 9.23 Å². The maximum Gasteiger partial charge on any atom is 0.119 e. The van der Waals surface area contributed by atoms with Crippen molar-refractivity contribution in [3.63, 3.8) is 0 Å². The van der Waals surface area contributed by atoms with Crippen molar-refractivity contribution in [2.45, 2.75) is 46.0 Å². The van der Waals surface area contributed by atoms with Crippen molar-refractivity contribution in [1.29, 1.82) is 0 Å². The van der Waals surface area contributed by atoms with Crippen LogP contribution in [0.4, 0.5) is 0 Å². The van der Waals surface area contributed by atoms with Gasteiger partial charge in [-0.3, -0.25) is 0 Å². The molecule has 128 valence electrons. The molecule has 24 heavy (non-hydrogen) atoms. The van der Waals surface area contributed by atoms with E-state index < -0.39 is 0 Å². The van der Waals surface area contributed by atoms with Crippen LogP contribution in [0.3, 0.4) is 0 Å². The normalized spacial score (nSPS) is 11.5. The summed E-state index contributed by atoms with van der Waals surface area (Å²) in [6.07, 6.45) is 8.55. The summed E-state index contributed by atoms with van der Waals surface area (Å²) in [5.41, 5.74) is 3.69. The molecule has 0 aliphatic rings. The highest BCUT2D eigenvalue weighted by Gasteiger charge is 1.99. The minimum atomic E-state index is 0.816. The molecule has 0 N–H and O–H groups in total. The lowest BCUT2D eigenvalue weighted by Gasteiger charge is -2.08. The van der Waals surface area contributed by atoms with E-state index in [9.17, 15) is 0 Å². The van der Waals surface area contributed by atoms with Gasteiger partial charge in [-0.25, -0.2) is 0 Å². The van der Waals surface area contributed by atoms with E-state index in [0.717, 1.165) is 23.2 Å². The second kappa shape index (κ2) is 10.4. The predicted octanol–water partition coefficient (Wildman–Crippen LogP) is 7.36. The molecule has 2 aromatic carbocycles. The fraction of sp³-hybridized carbons (Fsp3) is 0.364. The van der Waals surface area contributed by atoms with Crippen LogP contribution in [0.5, 0.6) is 5.75 Å². The number of allylic oxidation sites excluding steroid dienone is 1. The van der Waals surface area contributed by atoms with Crippen molar-refractivity contribution in [3.05, 3.63) is 64.1 Å². The number of hydrogen-bond acceptors (Lipinski definition) is 1. The third kappa shape index (κ3) is 6.52. The highest BCUT2D eigenvalue weighted by molar-refractivity contribution is 9.10. The first-order valence-corrected chi connectivity index (χ1v) is 9.65. The summed E-state index contributed by atoms with van der Waals surface area (Å²) in [6.45, 7) is 5.20. The SMILES string of the molecule is CCCCCCCOc1ccc(C(C)=Cc2ccc(Br)cc2)cc1. The van der Waals surface area contributed by atoms with Gasteiger partial charge in [-0.15, -0.1) is 0 Å². The monoisotopic (exact) mass is 386 g/mol. The largest absolute Gasteiger partial charge is 0.494 e. The van der Waals surface area contributed by atoms with Crippen LogP contribution in [0.25, 0.3) is 11.6 Å². The Bertz CT molecular complexity index is 626. The molecule has 0 aliphatic heterocycles. The summed E-state index contributed by atoms with van der Waals surface area (Å²) in [5, 5.41) is 0. The lowest BCUT2D eigenvalue weighted by molar-refractivity contribution is 0.304. The Morgan fingerprint density at radius 2 is 1.58 bits per heavy atom. The highest BCUT2D eigenvalue weighted by atomic mass is 79.9. The lowest BCUT2D eigenvalue weighted by atomic mass is 10.0. The Labute approximate surface area is 154 Å². The molecule has 0 saturated heterocycles. The summed E-state index contributed by atoms with van der Waals surface area (Å²) in [7, 11) is 0. The van der Waals surface area contributed by atoms with E-state index in [1.165, 1.54) is 42.4 Å². The molecular formula is C22H27BrO. The predicted molar refractivity (Wildman–Crippen MR) is 108 cm³/mol. The minimum absolute atomic E-state index is 0.816. The zero-order valence-electron chi connectivity index (χ0n) is 14.7. The van der Waals surface area contributed by atoms with Crippen molar-refractivity contribution in [3.8, 4) is 5.75 Å². The van der Waals surface area contributed by atoms with Crippen LogP contribution in [-0.4, -0.2) is 6.61 Å². The number of benzene rings is 2. The van der Waals surface area contributed by atoms with Crippen LogP contribution < -0.4 is 4.74 Å². The fourth-order valence-corrected chi connectivity index (χ4v) is 2.87. The van der Waals surface area contributed by atoms with Crippen molar-refractivity contribution in [2.75, 3.05) is 6.61 Å².